The van der Waals surface area contributed by atoms with Crippen LogP contribution in [0.1, 0.15) is 20.7 Å². The van der Waals surface area contributed by atoms with Gasteiger partial charge in [0.15, 0.2) is 11.5 Å². The van der Waals surface area contributed by atoms with Crippen LogP contribution in [0.5, 0.6) is 11.5 Å². The van der Waals surface area contributed by atoms with E-state index in [2.05, 4.69) is 0 Å². The molecule has 190 valence electrons. The summed E-state index contributed by atoms with van der Waals surface area (Å²) in [7, 11) is 11.9. The van der Waals surface area contributed by atoms with Gasteiger partial charge in [0.25, 0.3) is 0 Å². The van der Waals surface area contributed by atoms with Crippen LogP contribution in [0.25, 0.3) is 0 Å². The van der Waals surface area contributed by atoms with Gasteiger partial charge in [-0.25, -0.2) is 9.59 Å². The number of quaternary nitrogens is 2. The van der Waals surface area contributed by atoms with Gasteiger partial charge < -0.3 is 26.8 Å². The first kappa shape index (κ1) is 34.2. The third-order valence-corrected chi connectivity index (χ3v) is 5.15. The Morgan fingerprint density at radius 1 is 0.667 bits per heavy atom. The molecule has 0 aliphatic carbocycles. The molecule has 0 aliphatic heterocycles. The van der Waals surface area contributed by atoms with E-state index in [0.29, 0.717) is 22.1 Å². The van der Waals surface area contributed by atoms with Gasteiger partial charge in [-0.3, -0.25) is 0 Å². The van der Waals surface area contributed by atoms with Crippen molar-refractivity contribution < 1.29 is 40.6 Å². The summed E-state index contributed by atoms with van der Waals surface area (Å²) in [4.78, 5) is 25.0. The molecule has 0 amide bonds. The van der Waals surface area contributed by atoms with Crippen molar-refractivity contribution in [3.63, 3.8) is 0 Å². The van der Waals surface area contributed by atoms with E-state index in [0.717, 1.165) is 0 Å². The first-order chi connectivity index (χ1) is 15.9. The summed E-state index contributed by atoms with van der Waals surface area (Å²) in [6.45, 7) is 1.70. The van der Waals surface area contributed by atoms with Crippen LogP contribution in [0.3, 0.4) is 0 Å². The van der Waals surface area contributed by atoms with Crippen molar-refractivity contribution in [2.45, 2.75) is 0 Å². The second kappa shape index (κ2) is 15.5. The SMILES string of the molecule is C[N+](C)(C)CCOC(=O)c1ccccc1OS(=O)Oc1ccccc1C(=O)OCC[N+](C)(C)C.[LiH].[LiH]. The molecule has 2 rings (SSSR count). The van der Waals surface area contributed by atoms with Gasteiger partial charge in [0.1, 0.15) is 37.4 Å². The number of likely N-dealkylation sites (N-methyl/N-ethyl adjacent to an activating group) is 2. The number of hydrogen-bond donors (Lipinski definition) is 0. The van der Waals surface area contributed by atoms with Gasteiger partial charge in [-0.2, -0.15) is 4.21 Å². The van der Waals surface area contributed by atoms with Gasteiger partial charge in [0.05, 0.1) is 42.3 Å². The van der Waals surface area contributed by atoms with Gasteiger partial charge in [-0.05, 0) is 24.3 Å². The van der Waals surface area contributed by atoms with E-state index in [1.165, 1.54) is 24.3 Å². The van der Waals surface area contributed by atoms with Crippen LogP contribution in [-0.4, -0.2) is 131 Å². The van der Waals surface area contributed by atoms with Crippen molar-refractivity contribution in [3.05, 3.63) is 59.7 Å². The van der Waals surface area contributed by atoms with E-state index in [9.17, 15) is 13.8 Å². The Hall–Kier alpha value is -1.76. The Labute approximate surface area is 240 Å². The topological polar surface area (TPSA) is 88.1 Å². The molecule has 0 aliphatic rings. The first-order valence-electron chi connectivity index (χ1n) is 10.8. The minimum atomic E-state index is -2.34. The Morgan fingerprint density at radius 2 is 1.00 bits per heavy atom. The van der Waals surface area contributed by atoms with Crippen LogP contribution in [0.2, 0.25) is 0 Å². The predicted molar refractivity (Wildman–Crippen MR) is 143 cm³/mol. The average molecular weight is 511 g/mol. The molecular weight excluding hydrogens is 474 g/mol. The molecule has 12 heteroatoms. The van der Waals surface area contributed by atoms with Gasteiger partial charge in [-0.1, -0.05) is 24.3 Å². The van der Waals surface area contributed by atoms with E-state index in [1.807, 2.05) is 42.3 Å². The van der Waals surface area contributed by atoms with E-state index in [-0.39, 0.29) is 73.6 Å². The summed E-state index contributed by atoms with van der Waals surface area (Å²) in [5.41, 5.74) is 0.239. The molecule has 0 atom stereocenters. The monoisotopic (exact) mass is 510 g/mol. The van der Waals surface area contributed by atoms with E-state index < -0.39 is 23.3 Å². The van der Waals surface area contributed by atoms with Crippen LogP contribution >= 0.6 is 0 Å². The first-order valence-corrected chi connectivity index (χ1v) is 11.8. The van der Waals surface area contributed by atoms with Crippen molar-refractivity contribution in [2.24, 2.45) is 0 Å². The number of carbonyl (C=O) groups is 2. The summed E-state index contributed by atoms with van der Waals surface area (Å²) in [5.74, 6) is -1.11. The van der Waals surface area contributed by atoms with Gasteiger partial charge in [0, 0.05) is 0 Å². The summed E-state index contributed by atoms with van der Waals surface area (Å²) >= 11 is -2.34. The average Bonchev–Trinajstić information content (AvgIpc) is 2.72. The molecule has 0 fully saturated rings. The van der Waals surface area contributed by atoms with E-state index in [1.54, 1.807) is 24.3 Å². The third kappa shape index (κ3) is 12.5. The summed E-state index contributed by atoms with van der Waals surface area (Å²) in [6, 6.07) is 12.6. The standard InChI is InChI=1S/C24H34N2O7S.2Li.2H/c1-25(2,3)15-17-30-23(27)19-11-7-9-13-21(19)32-34(29)33-22-14-10-8-12-20(22)24(28)31-18-16-26(4,5)6;;;;/h7-14H,15-18H2,1-6H3;;;;/q+2;;;;. The van der Waals surface area contributed by atoms with E-state index >= 15 is 0 Å². The minimum absolute atomic E-state index is 0. The zero-order chi connectivity index (χ0) is 25.4. The number of carbonyl (C=O) groups excluding carboxylic acids is 2. The molecule has 36 heavy (non-hydrogen) atoms. The maximum absolute atomic E-state index is 12.6. The maximum atomic E-state index is 12.6. The van der Waals surface area contributed by atoms with Gasteiger partial charge in [0.2, 0.25) is 0 Å². The molecule has 0 radical (unpaired) electrons. The number of esters is 2. The second-order valence-electron chi connectivity index (χ2n) is 9.66. The number of para-hydroxylation sites is 2. The Balaban J connectivity index is 0.00000612. The molecule has 0 heterocycles. The van der Waals surface area contributed by atoms with Crippen molar-refractivity contribution in [1.29, 1.82) is 0 Å². The van der Waals surface area contributed by atoms with Crippen LogP contribution in [0.15, 0.2) is 48.5 Å². The molecule has 9 nitrogen and oxygen atoms in total. The van der Waals surface area contributed by atoms with Gasteiger partial charge >= 0.3 is 61.0 Å². The van der Waals surface area contributed by atoms with Gasteiger partial charge in [-0.15, -0.1) is 0 Å². The van der Waals surface area contributed by atoms with Crippen molar-refractivity contribution in [2.75, 3.05) is 68.6 Å². The molecule has 0 spiro atoms. The fourth-order valence-electron chi connectivity index (χ4n) is 2.56. The molecule has 0 N–H and O–H groups in total. The summed E-state index contributed by atoms with van der Waals surface area (Å²) in [6.07, 6.45) is 0. The van der Waals surface area contributed by atoms with Crippen molar-refractivity contribution >= 4 is 61.0 Å². The Bertz CT molecular complexity index is 945. The summed E-state index contributed by atoms with van der Waals surface area (Å²) < 4.78 is 35.2. The Kier molecular flexibility index (Phi) is 14.7. The summed E-state index contributed by atoms with van der Waals surface area (Å²) in [5, 5.41) is 0. The van der Waals surface area contributed by atoms with Crippen LogP contribution in [0.4, 0.5) is 0 Å². The molecule has 0 unspecified atom stereocenters. The quantitative estimate of drug-likeness (QED) is 0.241. The third-order valence-electron chi connectivity index (χ3n) is 4.52. The van der Waals surface area contributed by atoms with Crippen LogP contribution in [0, 0.1) is 0 Å². The zero-order valence-corrected chi connectivity index (χ0v) is 21.4. The van der Waals surface area contributed by atoms with Crippen LogP contribution < -0.4 is 8.37 Å². The van der Waals surface area contributed by atoms with Crippen molar-refractivity contribution in [1.82, 2.24) is 0 Å². The molecule has 0 saturated heterocycles. The number of nitrogens with zero attached hydrogens (tertiary/aromatic N) is 2. The fraction of sp³-hybridized carbons (Fsp3) is 0.417. The number of rotatable bonds is 12. The molecule has 0 saturated carbocycles. The molecular formula is C24H36Li2N2O7S+2. The molecule has 2 aromatic carbocycles. The van der Waals surface area contributed by atoms with Crippen molar-refractivity contribution in [3.8, 4) is 11.5 Å². The normalized spacial score (nSPS) is 11.1. The Morgan fingerprint density at radius 3 is 1.33 bits per heavy atom. The number of hydrogen-bond acceptors (Lipinski definition) is 7. The van der Waals surface area contributed by atoms with E-state index in [4.69, 9.17) is 17.8 Å². The molecule has 2 aromatic rings. The van der Waals surface area contributed by atoms with Crippen LogP contribution in [-0.2, 0) is 20.8 Å². The second-order valence-corrected chi connectivity index (χ2v) is 10.4. The fourth-order valence-corrected chi connectivity index (χ4v) is 3.18. The zero-order valence-electron chi connectivity index (χ0n) is 20.6. The molecule has 0 aromatic heterocycles. The number of ether oxygens (including phenoxy) is 2. The molecule has 0 bridgehead atoms. The predicted octanol–water partition coefficient (Wildman–Crippen LogP) is 1.15. The number of benzene rings is 2.